The SMILES string of the molecule is CCOc1cc(C)ccc1NC(=O)C(Cl)c1ccccc1. The molecular weight excluding hydrogens is 286 g/mol. The number of carbonyl (C=O) groups excluding carboxylic acids is 1. The third-order valence-corrected chi connectivity index (χ3v) is 3.47. The Morgan fingerprint density at radius 2 is 1.95 bits per heavy atom. The average molecular weight is 304 g/mol. The Hall–Kier alpha value is -2.00. The van der Waals surface area contributed by atoms with E-state index in [1.807, 2.05) is 62.4 Å². The predicted octanol–water partition coefficient (Wildman–Crippen LogP) is 4.31. The molecule has 110 valence electrons. The van der Waals surface area contributed by atoms with Crippen LogP contribution in [0.5, 0.6) is 5.75 Å². The van der Waals surface area contributed by atoms with Crippen molar-refractivity contribution < 1.29 is 9.53 Å². The molecule has 0 heterocycles. The van der Waals surface area contributed by atoms with Crippen LogP contribution in [0.1, 0.15) is 23.4 Å². The molecule has 3 nitrogen and oxygen atoms in total. The Morgan fingerprint density at radius 3 is 2.62 bits per heavy atom. The minimum atomic E-state index is -0.734. The number of alkyl halides is 1. The average Bonchev–Trinajstić information content (AvgIpc) is 2.50. The number of hydrogen-bond donors (Lipinski definition) is 1. The highest BCUT2D eigenvalue weighted by Crippen LogP contribution is 2.28. The second-order valence-electron chi connectivity index (χ2n) is 4.70. The van der Waals surface area contributed by atoms with E-state index in [9.17, 15) is 4.79 Å². The van der Waals surface area contributed by atoms with Gasteiger partial charge in [-0.05, 0) is 37.1 Å². The fraction of sp³-hybridized carbons (Fsp3) is 0.235. The molecule has 21 heavy (non-hydrogen) atoms. The summed E-state index contributed by atoms with van der Waals surface area (Å²) in [6.45, 7) is 4.42. The van der Waals surface area contributed by atoms with Gasteiger partial charge in [0, 0.05) is 0 Å². The number of halogens is 1. The van der Waals surface area contributed by atoms with E-state index >= 15 is 0 Å². The Labute approximate surface area is 129 Å². The molecule has 1 amide bonds. The number of nitrogens with one attached hydrogen (secondary N) is 1. The van der Waals surface area contributed by atoms with E-state index in [4.69, 9.17) is 16.3 Å². The number of anilines is 1. The molecular formula is C17H18ClNO2. The molecule has 0 radical (unpaired) electrons. The van der Waals surface area contributed by atoms with Gasteiger partial charge in [-0.15, -0.1) is 11.6 Å². The molecule has 0 fully saturated rings. The monoisotopic (exact) mass is 303 g/mol. The number of ether oxygens (including phenoxy) is 1. The van der Waals surface area contributed by atoms with Gasteiger partial charge in [0.05, 0.1) is 12.3 Å². The van der Waals surface area contributed by atoms with Gasteiger partial charge < -0.3 is 10.1 Å². The zero-order chi connectivity index (χ0) is 15.2. The number of hydrogen-bond acceptors (Lipinski definition) is 2. The Bertz CT molecular complexity index is 613. The van der Waals surface area contributed by atoms with Crippen molar-refractivity contribution in [3.8, 4) is 5.75 Å². The van der Waals surface area contributed by atoms with Gasteiger partial charge in [-0.1, -0.05) is 36.4 Å². The largest absolute Gasteiger partial charge is 0.492 e. The number of benzene rings is 2. The molecule has 2 rings (SSSR count). The number of amides is 1. The van der Waals surface area contributed by atoms with Crippen molar-refractivity contribution in [1.82, 2.24) is 0 Å². The van der Waals surface area contributed by atoms with Crippen molar-refractivity contribution >= 4 is 23.2 Å². The zero-order valence-corrected chi connectivity index (χ0v) is 12.9. The number of aryl methyl sites for hydroxylation is 1. The quantitative estimate of drug-likeness (QED) is 0.836. The lowest BCUT2D eigenvalue weighted by Crippen LogP contribution is -2.18. The van der Waals surface area contributed by atoms with Crippen LogP contribution in [0.4, 0.5) is 5.69 Å². The molecule has 2 aromatic rings. The summed E-state index contributed by atoms with van der Waals surface area (Å²) in [7, 11) is 0. The van der Waals surface area contributed by atoms with Crippen LogP contribution in [0.25, 0.3) is 0 Å². The Kier molecular flexibility index (Phi) is 5.23. The molecule has 4 heteroatoms. The third-order valence-electron chi connectivity index (χ3n) is 3.02. The van der Waals surface area contributed by atoms with Gasteiger partial charge in [0.1, 0.15) is 11.1 Å². The van der Waals surface area contributed by atoms with E-state index in [0.29, 0.717) is 18.0 Å². The third kappa shape index (κ3) is 3.99. The van der Waals surface area contributed by atoms with Crippen LogP contribution in [0.3, 0.4) is 0 Å². The van der Waals surface area contributed by atoms with Crippen LogP contribution in [-0.4, -0.2) is 12.5 Å². The molecule has 0 saturated carbocycles. The maximum Gasteiger partial charge on any atom is 0.247 e. The van der Waals surface area contributed by atoms with E-state index in [1.54, 1.807) is 0 Å². The van der Waals surface area contributed by atoms with E-state index in [0.717, 1.165) is 11.1 Å². The second kappa shape index (κ2) is 7.14. The summed E-state index contributed by atoms with van der Waals surface area (Å²) in [5.41, 5.74) is 2.47. The maximum absolute atomic E-state index is 12.3. The zero-order valence-electron chi connectivity index (χ0n) is 12.1. The van der Waals surface area contributed by atoms with E-state index in [1.165, 1.54) is 0 Å². The Morgan fingerprint density at radius 1 is 1.24 bits per heavy atom. The normalized spacial score (nSPS) is 11.8. The predicted molar refractivity (Wildman–Crippen MR) is 86.0 cm³/mol. The molecule has 2 aromatic carbocycles. The van der Waals surface area contributed by atoms with Crippen LogP contribution in [0.15, 0.2) is 48.5 Å². The molecule has 0 aliphatic carbocycles. The summed E-state index contributed by atoms with van der Waals surface area (Å²) in [5.74, 6) is 0.385. The first-order valence-corrected chi connectivity index (χ1v) is 7.28. The van der Waals surface area contributed by atoms with E-state index in [-0.39, 0.29) is 5.91 Å². The van der Waals surface area contributed by atoms with E-state index < -0.39 is 5.38 Å². The first kappa shape index (κ1) is 15.4. The van der Waals surface area contributed by atoms with Crippen LogP contribution in [0.2, 0.25) is 0 Å². The first-order chi connectivity index (χ1) is 10.1. The molecule has 0 aromatic heterocycles. The summed E-state index contributed by atoms with van der Waals surface area (Å²) < 4.78 is 5.55. The van der Waals surface area contributed by atoms with Crippen molar-refractivity contribution in [3.63, 3.8) is 0 Å². The standard InChI is InChI=1S/C17H18ClNO2/c1-3-21-15-11-12(2)9-10-14(15)19-17(20)16(18)13-7-5-4-6-8-13/h4-11,16H,3H2,1-2H3,(H,19,20). The number of rotatable bonds is 5. The molecule has 0 aliphatic heterocycles. The van der Waals surface area contributed by atoms with Gasteiger partial charge >= 0.3 is 0 Å². The highest BCUT2D eigenvalue weighted by Gasteiger charge is 2.18. The summed E-state index contributed by atoms with van der Waals surface area (Å²) in [6.07, 6.45) is 0. The van der Waals surface area contributed by atoms with Crippen molar-refractivity contribution in [2.45, 2.75) is 19.2 Å². The highest BCUT2D eigenvalue weighted by molar-refractivity contribution is 6.32. The molecule has 0 aliphatic rings. The van der Waals surface area contributed by atoms with E-state index in [2.05, 4.69) is 5.32 Å². The minimum absolute atomic E-state index is 0.271. The van der Waals surface area contributed by atoms with Crippen molar-refractivity contribution in [2.75, 3.05) is 11.9 Å². The summed E-state index contributed by atoms with van der Waals surface area (Å²) in [6, 6.07) is 14.9. The van der Waals surface area contributed by atoms with Gasteiger partial charge in [0.25, 0.3) is 0 Å². The van der Waals surface area contributed by atoms with Crippen LogP contribution >= 0.6 is 11.6 Å². The fourth-order valence-electron chi connectivity index (χ4n) is 1.98. The van der Waals surface area contributed by atoms with Gasteiger partial charge in [0.15, 0.2) is 0 Å². The maximum atomic E-state index is 12.3. The lowest BCUT2D eigenvalue weighted by Gasteiger charge is -2.14. The second-order valence-corrected chi connectivity index (χ2v) is 5.13. The first-order valence-electron chi connectivity index (χ1n) is 6.85. The van der Waals surface area contributed by atoms with Crippen LogP contribution < -0.4 is 10.1 Å². The summed E-state index contributed by atoms with van der Waals surface area (Å²) >= 11 is 6.21. The topological polar surface area (TPSA) is 38.3 Å². The molecule has 1 atom stereocenters. The van der Waals surface area contributed by atoms with Gasteiger partial charge in [0.2, 0.25) is 5.91 Å². The van der Waals surface area contributed by atoms with Crippen molar-refractivity contribution in [1.29, 1.82) is 0 Å². The number of carbonyl (C=O) groups is 1. The van der Waals surface area contributed by atoms with Crippen LogP contribution in [0, 0.1) is 6.92 Å². The molecule has 0 saturated heterocycles. The van der Waals surface area contributed by atoms with Crippen LogP contribution in [-0.2, 0) is 4.79 Å². The smallest absolute Gasteiger partial charge is 0.247 e. The van der Waals surface area contributed by atoms with Gasteiger partial charge in [-0.2, -0.15) is 0 Å². The summed E-state index contributed by atoms with van der Waals surface area (Å²) in [5, 5.41) is 2.09. The fourth-order valence-corrected chi connectivity index (χ4v) is 2.18. The minimum Gasteiger partial charge on any atom is -0.492 e. The van der Waals surface area contributed by atoms with Gasteiger partial charge in [-0.25, -0.2) is 0 Å². The molecule has 0 spiro atoms. The highest BCUT2D eigenvalue weighted by atomic mass is 35.5. The van der Waals surface area contributed by atoms with Crippen molar-refractivity contribution in [3.05, 3.63) is 59.7 Å². The molecule has 1 unspecified atom stereocenters. The molecule has 0 bridgehead atoms. The van der Waals surface area contributed by atoms with Crippen molar-refractivity contribution in [2.24, 2.45) is 0 Å². The lowest BCUT2D eigenvalue weighted by molar-refractivity contribution is -0.116. The lowest BCUT2D eigenvalue weighted by atomic mass is 10.1. The summed E-state index contributed by atoms with van der Waals surface area (Å²) in [4.78, 5) is 12.3. The van der Waals surface area contributed by atoms with Gasteiger partial charge in [-0.3, -0.25) is 4.79 Å². The molecule has 1 N–H and O–H groups in total. The Balaban J connectivity index is 2.16.